The van der Waals surface area contributed by atoms with Crippen molar-refractivity contribution in [3.63, 3.8) is 0 Å². The van der Waals surface area contributed by atoms with Gasteiger partial charge in [0.25, 0.3) is 0 Å². The molecular formula is C16H35N3. The summed E-state index contributed by atoms with van der Waals surface area (Å²) in [5.41, 5.74) is 0.266. The molecule has 19 heavy (non-hydrogen) atoms. The summed E-state index contributed by atoms with van der Waals surface area (Å²) in [7, 11) is 0. The van der Waals surface area contributed by atoms with Gasteiger partial charge < -0.3 is 10.2 Å². The first-order valence-corrected chi connectivity index (χ1v) is 8.14. The van der Waals surface area contributed by atoms with Crippen molar-refractivity contribution in [3.8, 4) is 0 Å². The molecule has 0 spiro atoms. The molecule has 1 unspecified atom stereocenters. The van der Waals surface area contributed by atoms with E-state index in [1.54, 1.807) is 0 Å². The van der Waals surface area contributed by atoms with Gasteiger partial charge in [0, 0.05) is 37.8 Å². The maximum atomic E-state index is 3.56. The third-order valence-electron chi connectivity index (χ3n) is 4.18. The summed E-state index contributed by atoms with van der Waals surface area (Å²) in [6, 6.07) is 0.762. The summed E-state index contributed by atoms with van der Waals surface area (Å²) in [6.45, 7) is 18.8. The van der Waals surface area contributed by atoms with Gasteiger partial charge in [-0.2, -0.15) is 0 Å². The molecule has 1 aliphatic heterocycles. The second-order valence-corrected chi connectivity index (χ2v) is 7.02. The fourth-order valence-corrected chi connectivity index (χ4v) is 2.61. The van der Waals surface area contributed by atoms with Crippen molar-refractivity contribution in [2.75, 3.05) is 39.3 Å². The van der Waals surface area contributed by atoms with Gasteiger partial charge >= 0.3 is 0 Å². The molecule has 0 aromatic rings. The third-order valence-corrected chi connectivity index (χ3v) is 4.18. The largest absolute Gasteiger partial charge is 0.312 e. The van der Waals surface area contributed by atoms with Crippen LogP contribution in [0.5, 0.6) is 0 Å². The van der Waals surface area contributed by atoms with Crippen LogP contribution in [0.1, 0.15) is 53.9 Å². The predicted octanol–water partition coefficient (Wildman–Crippen LogP) is 2.57. The Kier molecular flexibility index (Phi) is 7.33. The Balaban J connectivity index is 2.04. The Morgan fingerprint density at radius 2 is 1.68 bits per heavy atom. The number of nitrogens with zero attached hydrogens (tertiary/aromatic N) is 2. The first-order chi connectivity index (χ1) is 8.92. The average Bonchev–Trinajstić information content (AvgIpc) is 2.37. The van der Waals surface area contributed by atoms with Crippen molar-refractivity contribution in [2.45, 2.75) is 65.5 Å². The molecular weight excluding hydrogens is 234 g/mol. The zero-order valence-electron chi connectivity index (χ0n) is 13.8. The number of hydrogen-bond donors (Lipinski definition) is 1. The van der Waals surface area contributed by atoms with Crippen molar-refractivity contribution in [2.24, 2.45) is 0 Å². The average molecular weight is 269 g/mol. The molecule has 114 valence electrons. The molecule has 1 N–H and O–H groups in total. The van der Waals surface area contributed by atoms with Gasteiger partial charge in [-0.15, -0.1) is 0 Å². The van der Waals surface area contributed by atoms with E-state index >= 15 is 0 Å². The first-order valence-electron chi connectivity index (χ1n) is 8.14. The maximum Gasteiger partial charge on any atom is 0.0113 e. The summed E-state index contributed by atoms with van der Waals surface area (Å²) >= 11 is 0. The molecule has 0 bridgehead atoms. The Hall–Kier alpha value is -0.120. The quantitative estimate of drug-likeness (QED) is 0.717. The zero-order valence-corrected chi connectivity index (χ0v) is 13.8. The summed E-state index contributed by atoms with van der Waals surface area (Å²) in [6.07, 6.45) is 3.90. The Bertz CT molecular complexity index is 227. The van der Waals surface area contributed by atoms with Crippen LogP contribution in [0.2, 0.25) is 0 Å². The van der Waals surface area contributed by atoms with Gasteiger partial charge in [-0.3, -0.25) is 4.90 Å². The lowest BCUT2D eigenvalue weighted by atomic mass is 10.1. The molecule has 1 heterocycles. The smallest absolute Gasteiger partial charge is 0.0113 e. The van der Waals surface area contributed by atoms with Gasteiger partial charge in [0.1, 0.15) is 0 Å². The minimum atomic E-state index is 0.266. The minimum Gasteiger partial charge on any atom is -0.312 e. The van der Waals surface area contributed by atoms with E-state index in [1.807, 2.05) is 0 Å². The van der Waals surface area contributed by atoms with Gasteiger partial charge in [-0.1, -0.05) is 6.92 Å². The van der Waals surface area contributed by atoms with Crippen molar-refractivity contribution in [3.05, 3.63) is 0 Å². The molecule has 0 aliphatic carbocycles. The molecule has 3 nitrogen and oxygen atoms in total. The van der Waals surface area contributed by atoms with E-state index in [2.05, 4.69) is 49.7 Å². The van der Waals surface area contributed by atoms with Crippen molar-refractivity contribution >= 4 is 0 Å². The minimum absolute atomic E-state index is 0.266. The predicted molar refractivity (Wildman–Crippen MR) is 84.8 cm³/mol. The van der Waals surface area contributed by atoms with Crippen LogP contribution in [-0.2, 0) is 0 Å². The van der Waals surface area contributed by atoms with E-state index in [9.17, 15) is 0 Å². The Morgan fingerprint density at radius 1 is 1.05 bits per heavy atom. The third kappa shape index (κ3) is 7.28. The van der Waals surface area contributed by atoms with E-state index in [1.165, 1.54) is 52.0 Å². The molecule has 1 rings (SSSR count). The lowest BCUT2D eigenvalue weighted by molar-refractivity contribution is 0.0995. The van der Waals surface area contributed by atoms with Crippen molar-refractivity contribution in [1.29, 1.82) is 0 Å². The number of rotatable bonds is 7. The highest BCUT2D eigenvalue weighted by Crippen LogP contribution is 2.09. The van der Waals surface area contributed by atoms with Crippen LogP contribution in [0.25, 0.3) is 0 Å². The van der Waals surface area contributed by atoms with Crippen molar-refractivity contribution in [1.82, 2.24) is 15.1 Å². The number of hydrogen-bond acceptors (Lipinski definition) is 3. The van der Waals surface area contributed by atoms with Crippen LogP contribution in [-0.4, -0.2) is 60.6 Å². The van der Waals surface area contributed by atoms with Crippen LogP contribution in [0, 0.1) is 0 Å². The molecule has 1 saturated heterocycles. The monoisotopic (exact) mass is 269 g/mol. The molecule has 3 heteroatoms. The SMILES string of the molecule is CCC(C)N1CCN(CCCCNC(C)(C)C)CC1. The van der Waals surface area contributed by atoms with Gasteiger partial charge in [0.15, 0.2) is 0 Å². The van der Waals surface area contributed by atoms with Crippen molar-refractivity contribution < 1.29 is 0 Å². The highest BCUT2D eigenvalue weighted by atomic mass is 15.3. The topological polar surface area (TPSA) is 18.5 Å². The van der Waals surface area contributed by atoms with E-state index in [0.717, 1.165) is 12.6 Å². The Labute approximate surface area is 120 Å². The lowest BCUT2D eigenvalue weighted by Gasteiger charge is -2.37. The highest BCUT2D eigenvalue weighted by Gasteiger charge is 2.19. The summed E-state index contributed by atoms with van der Waals surface area (Å²) in [5.74, 6) is 0. The standard InChI is InChI=1S/C16H35N3/c1-6-15(2)19-13-11-18(12-14-19)10-8-7-9-17-16(3,4)5/h15,17H,6-14H2,1-5H3. The van der Waals surface area contributed by atoms with Crippen LogP contribution >= 0.6 is 0 Å². The summed E-state index contributed by atoms with van der Waals surface area (Å²) < 4.78 is 0. The molecule has 0 radical (unpaired) electrons. The highest BCUT2D eigenvalue weighted by molar-refractivity contribution is 4.76. The molecule has 0 aromatic carbocycles. The lowest BCUT2D eigenvalue weighted by Crippen LogP contribution is -2.49. The molecule has 0 saturated carbocycles. The van der Waals surface area contributed by atoms with E-state index in [-0.39, 0.29) is 5.54 Å². The molecule has 1 fully saturated rings. The summed E-state index contributed by atoms with van der Waals surface area (Å²) in [5, 5.41) is 3.56. The van der Waals surface area contributed by atoms with Gasteiger partial charge in [-0.25, -0.2) is 0 Å². The Morgan fingerprint density at radius 3 is 2.21 bits per heavy atom. The number of unbranched alkanes of at least 4 members (excludes halogenated alkanes) is 1. The van der Waals surface area contributed by atoms with Crippen LogP contribution in [0.15, 0.2) is 0 Å². The first kappa shape index (κ1) is 16.9. The van der Waals surface area contributed by atoms with E-state index < -0.39 is 0 Å². The van der Waals surface area contributed by atoms with Gasteiger partial charge in [0.2, 0.25) is 0 Å². The van der Waals surface area contributed by atoms with Gasteiger partial charge in [-0.05, 0) is 60.0 Å². The molecule has 0 amide bonds. The molecule has 0 aromatic heterocycles. The zero-order chi connectivity index (χ0) is 14.3. The van der Waals surface area contributed by atoms with E-state index in [4.69, 9.17) is 0 Å². The maximum absolute atomic E-state index is 3.56. The summed E-state index contributed by atoms with van der Waals surface area (Å²) in [4.78, 5) is 5.27. The number of piperazine rings is 1. The van der Waals surface area contributed by atoms with Gasteiger partial charge in [0.05, 0.1) is 0 Å². The van der Waals surface area contributed by atoms with Crippen LogP contribution in [0.3, 0.4) is 0 Å². The fourth-order valence-electron chi connectivity index (χ4n) is 2.61. The second-order valence-electron chi connectivity index (χ2n) is 7.02. The van der Waals surface area contributed by atoms with Crippen LogP contribution in [0.4, 0.5) is 0 Å². The fraction of sp³-hybridized carbons (Fsp3) is 1.00. The molecule has 1 aliphatic rings. The van der Waals surface area contributed by atoms with Crippen LogP contribution < -0.4 is 5.32 Å². The van der Waals surface area contributed by atoms with E-state index in [0.29, 0.717) is 0 Å². The molecule has 1 atom stereocenters. The normalized spacial score (nSPS) is 20.7. The number of nitrogens with one attached hydrogen (secondary N) is 1. The second kappa shape index (κ2) is 8.23.